The number of quaternary nitrogens is 1. The lowest BCUT2D eigenvalue weighted by molar-refractivity contribution is -0.938. The van der Waals surface area contributed by atoms with Gasteiger partial charge in [0.1, 0.15) is 47.3 Å². The molecule has 0 saturated carbocycles. The number of phenolic OH excluding ortho intramolecular Hbond substituents is 1. The second kappa shape index (κ2) is 15.8. The normalized spacial score (nSPS) is 24.1. The summed E-state index contributed by atoms with van der Waals surface area (Å²) in [5, 5.41) is 25.6. The molecule has 1 unspecified atom stereocenters. The number of anilines is 1. The number of aromatic hydroxyl groups is 1. The first-order chi connectivity index (χ1) is 25.4. The van der Waals surface area contributed by atoms with Gasteiger partial charge in [-0.15, -0.1) is 0 Å². The summed E-state index contributed by atoms with van der Waals surface area (Å²) in [4.78, 5) is 24.1. The molecule has 0 spiro atoms. The molecule has 11 heteroatoms. The van der Waals surface area contributed by atoms with Gasteiger partial charge in [-0.2, -0.15) is 0 Å². The molecule has 3 fully saturated rings. The Hall–Kier alpha value is -4.26. The maximum Gasteiger partial charge on any atom is 0.321 e. The van der Waals surface area contributed by atoms with E-state index >= 15 is 0 Å². The molecule has 3 saturated heterocycles. The minimum atomic E-state index is -0.744. The van der Waals surface area contributed by atoms with Gasteiger partial charge >= 0.3 is 5.97 Å². The number of aliphatic hydroxyl groups is 1. The Morgan fingerprint density at radius 3 is 2.13 bits per heavy atom. The first kappa shape index (κ1) is 39.4. The third-order valence-electron chi connectivity index (χ3n) is 11.9. The number of rotatable bonds is 11. The first-order valence-corrected chi connectivity index (χ1v) is 18.4. The zero-order valence-corrected chi connectivity index (χ0v) is 33.0. The molecule has 4 N–H and O–H groups in total. The van der Waals surface area contributed by atoms with Gasteiger partial charge in [0.15, 0.2) is 0 Å². The number of hydrogen-bond acceptors (Lipinski definition) is 8. The van der Waals surface area contributed by atoms with E-state index in [-0.39, 0.29) is 46.5 Å². The van der Waals surface area contributed by atoms with Gasteiger partial charge in [-0.1, -0.05) is 66.7 Å². The van der Waals surface area contributed by atoms with Gasteiger partial charge in [0.2, 0.25) is 6.41 Å². The number of nitrogens with one attached hydrogen (secondary N) is 2. The number of phenols is 1. The number of ether oxygens (including phenoxy) is 3. The van der Waals surface area contributed by atoms with Crippen LogP contribution in [0.5, 0.6) is 11.5 Å². The maximum atomic E-state index is 13.6. The van der Waals surface area contributed by atoms with Gasteiger partial charge < -0.3 is 56.5 Å². The highest BCUT2D eigenvalue weighted by Crippen LogP contribution is 2.53. The number of aliphatic hydroxyl groups excluding tert-OH is 1. The van der Waals surface area contributed by atoms with Crippen molar-refractivity contribution in [3.63, 3.8) is 0 Å². The van der Waals surface area contributed by atoms with Crippen molar-refractivity contribution < 1.29 is 55.5 Å². The van der Waals surface area contributed by atoms with Crippen molar-refractivity contribution in [2.75, 3.05) is 33.1 Å². The highest BCUT2D eigenvalue weighted by atomic mass is 79.9. The van der Waals surface area contributed by atoms with Gasteiger partial charge in [-0.3, -0.25) is 9.59 Å². The van der Waals surface area contributed by atoms with Crippen LogP contribution < -0.4 is 32.4 Å². The number of piperidine rings is 1. The Kier molecular flexibility index (Phi) is 11.6. The molecule has 1 aliphatic carbocycles. The molecular weight excluding hydrogens is 750 g/mol. The average Bonchev–Trinajstić information content (AvgIpc) is 3.88. The predicted molar refractivity (Wildman–Crippen MR) is 203 cm³/mol. The van der Waals surface area contributed by atoms with Gasteiger partial charge in [0, 0.05) is 25.4 Å². The molecule has 8 rings (SSSR count). The Balaban J connectivity index is 0.000000183. The number of morpholine rings is 1. The Labute approximate surface area is 327 Å². The van der Waals surface area contributed by atoms with Crippen molar-refractivity contribution in [2.45, 2.75) is 81.1 Å². The predicted octanol–water partition coefficient (Wildman–Crippen LogP) is 2.50. The smallest absolute Gasteiger partial charge is 0.321 e. The molecule has 10 nitrogen and oxygen atoms in total. The Morgan fingerprint density at radius 1 is 0.963 bits per heavy atom. The summed E-state index contributed by atoms with van der Waals surface area (Å²) in [5.41, 5.74) is 5.74. The molecule has 4 aliphatic rings. The lowest BCUT2D eigenvalue weighted by Crippen LogP contribution is -3.00. The van der Waals surface area contributed by atoms with Crippen molar-refractivity contribution in [3.8, 4) is 22.6 Å². The van der Waals surface area contributed by atoms with Crippen LogP contribution in [0.2, 0.25) is 0 Å². The third-order valence-corrected chi connectivity index (χ3v) is 11.9. The average molecular weight is 801 g/mol. The van der Waals surface area contributed by atoms with Gasteiger partial charge in [-0.25, -0.2) is 0 Å². The second-order valence-corrected chi connectivity index (χ2v) is 15.5. The monoisotopic (exact) mass is 799 g/mol. The summed E-state index contributed by atoms with van der Waals surface area (Å²) in [6.45, 7) is 4.44. The number of carbonyl (C=O) groups excluding carboxylic acids is 2. The molecule has 4 aromatic carbocycles. The van der Waals surface area contributed by atoms with Crippen LogP contribution in [0.1, 0.15) is 55.0 Å². The molecule has 286 valence electrons. The Morgan fingerprint density at radius 2 is 1.56 bits per heavy atom. The number of epoxide rings is 1. The van der Waals surface area contributed by atoms with E-state index in [1.807, 2.05) is 62.4 Å². The van der Waals surface area contributed by atoms with Crippen LogP contribution in [-0.2, 0) is 30.9 Å². The molecule has 2 bridgehead atoms. The van der Waals surface area contributed by atoms with E-state index in [9.17, 15) is 19.8 Å². The van der Waals surface area contributed by atoms with E-state index in [1.54, 1.807) is 19.2 Å². The molecule has 54 heavy (non-hydrogen) atoms. The summed E-state index contributed by atoms with van der Waals surface area (Å²) in [5.74, 6) is 0.673. The van der Waals surface area contributed by atoms with Crippen molar-refractivity contribution in [3.05, 3.63) is 113 Å². The molecule has 1 amide bonds. The number of halogens is 1. The fraction of sp³-hybridized carbons (Fsp3) is 0.395. The standard InChI is InChI=1S/C24H26NO3.C19H24N2O4.BrH/c1-24(17-10-6-4-8-15(17)16-9-5-7-11-18(16)24)23(26)27-14-12-19-21-22(28-21)20(13-14)25(19,2)3;1-13(9-14-3-6-16(25-2)7-4-14)20-11-19(24)15-5-8-18(23)17(10-15)21-12-22;/h4-11,14,19-22H,12-13H2,1-3H3;3-8,10,12-13,19-20,23-24H,9,11H2,1-2H3,(H,21,22);1H/q+1;;/p-1/t14?,19-,20+,21-,22+;13-,19+;/m.1./s1. The van der Waals surface area contributed by atoms with Crippen LogP contribution in [0.3, 0.4) is 0 Å². The number of benzene rings is 4. The van der Waals surface area contributed by atoms with E-state index in [4.69, 9.17) is 14.2 Å². The fourth-order valence-electron chi connectivity index (χ4n) is 8.80. The highest BCUT2D eigenvalue weighted by molar-refractivity contribution is 5.97. The van der Waals surface area contributed by atoms with Crippen LogP contribution in [0.4, 0.5) is 5.69 Å². The first-order valence-electron chi connectivity index (χ1n) is 18.4. The molecule has 4 aromatic rings. The van der Waals surface area contributed by atoms with Crippen molar-refractivity contribution >= 4 is 18.1 Å². The van der Waals surface area contributed by atoms with Gasteiger partial charge in [0.25, 0.3) is 0 Å². The van der Waals surface area contributed by atoms with Crippen molar-refractivity contribution in [2.24, 2.45) is 0 Å². The van der Waals surface area contributed by atoms with Crippen LogP contribution in [0, 0.1) is 0 Å². The second-order valence-electron chi connectivity index (χ2n) is 15.5. The molecule has 0 radical (unpaired) electrons. The number of carbonyl (C=O) groups is 2. The summed E-state index contributed by atoms with van der Waals surface area (Å²) >= 11 is 0. The number of hydrogen-bond donors (Lipinski definition) is 4. The van der Waals surface area contributed by atoms with Gasteiger partial charge in [0.05, 0.1) is 33.0 Å². The fourth-order valence-corrected chi connectivity index (χ4v) is 8.80. The zero-order valence-electron chi connectivity index (χ0n) is 31.4. The molecule has 3 heterocycles. The number of nitrogens with zero attached hydrogens (tertiary/aromatic N) is 1. The lowest BCUT2D eigenvalue weighted by Gasteiger charge is -2.45. The molecule has 3 aliphatic heterocycles. The lowest BCUT2D eigenvalue weighted by atomic mass is 9.80. The van der Waals surface area contributed by atoms with E-state index in [0.29, 0.717) is 42.8 Å². The van der Waals surface area contributed by atoms with E-state index in [0.717, 1.165) is 51.7 Å². The summed E-state index contributed by atoms with van der Waals surface area (Å²) in [7, 11) is 6.24. The summed E-state index contributed by atoms with van der Waals surface area (Å²) in [6.07, 6.45) is 3.09. The minimum Gasteiger partial charge on any atom is -1.00 e. The third kappa shape index (κ3) is 7.40. The highest BCUT2D eigenvalue weighted by Gasteiger charge is 2.71. The minimum absolute atomic E-state index is 0. The molecule has 7 atom stereocenters. The van der Waals surface area contributed by atoms with E-state index < -0.39 is 11.5 Å². The quantitative estimate of drug-likeness (QED) is 0.0600. The van der Waals surface area contributed by atoms with E-state index in [1.165, 1.54) is 11.6 Å². The van der Waals surface area contributed by atoms with Crippen LogP contribution in [-0.4, -0.2) is 91.3 Å². The number of likely N-dealkylation sites (N-methyl/N-ethyl adjacent to an activating group) is 1. The SMILES string of the molecule is CC1(C(=O)OC2C[C@@H]3[C@H]4O[C@H]4[C@H](C2)[N+]3(C)C)c2ccccc2-c2ccccc21.COc1ccc(C[C@@H](C)NC[C@H](O)c2ccc(O)c(NC=O)c2)cc1.[Br-]. The number of amides is 1. The number of methoxy groups -OCH3 is 1. The summed E-state index contributed by atoms with van der Waals surface area (Å²) < 4.78 is 18.2. The van der Waals surface area contributed by atoms with Crippen molar-refractivity contribution in [1.29, 1.82) is 0 Å². The van der Waals surface area contributed by atoms with Crippen LogP contribution >= 0.6 is 0 Å². The van der Waals surface area contributed by atoms with Crippen molar-refractivity contribution in [1.82, 2.24) is 5.32 Å². The maximum absolute atomic E-state index is 13.6. The van der Waals surface area contributed by atoms with Crippen LogP contribution in [0.25, 0.3) is 11.1 Å². The number of esters is 1. The zero-order chi connectivity index (χ0) is 37.5. The number of fused-ring (bicyclic) bond motifs is 8. The van der Waals surface area contributed by atoms with Crippen LogP contribution in [0.15, 0.2) is 91.0 Å². The summed E-state index contributed by atoms with van der Waals surface area (Å²) in [6, 6.07) is 30.1. The van der Waals surface area contributed by atoms with Gasteiger partial charge in [-0.05, 0) is 77.9 Å². The molecular formula is C43H50BrN3O7. The largest absolute Gasteiger partial charge is 1.00 e. The van der Waals surface area contributed by atoms with E-state index in [2.05, 4.69) is 49.0 Å². The molecule has 0 aromatic heterocycles. The Bertz CT molecular complexity index is 1910. The topological polar surface area (TPSA) is 130 Å².